The lowest BCUT2D eigenvalue weighted by atomic mass is 9.78. The third-order valence-corrected chi connectivity index (χ3v) is 5.90. The average molecular weight is 492 g/mol. The summed E-state index contributed by atoms with van der Waals surface area (Å²) in [5, 5.41) is 11.4. The van der Waals surface area contributed by atoms with Crippen LogP contribution < -0.4 is 0 Å². The average Bonchev–Trinajstić information content (AvgIpc) is 3.05. The number of rotatable bonds is 4. The lowest BCUT2D eigenvalue weighted by molar-refractivity contribution is -0.192. The second kappa shape index (κ2) is 11.6. The summed E-state index contributed by atoms with van der Waals surface area (Å²) in [5.41, 5.74) is 0.846. The van der Waals surface area contributed by atoms with E-state index in [1.54, 1.807) is 23.7 Å². The maximum atomic E-state index is 12.6. The van der Waals surface area contributed by atoms with E-state index in [-0.39, 0.29) is 17.2 Å². The van der Waals surface area contributed by atoms with Gasteiger partial charge >= 0.3 is 12.1 Å². The van der Waals surface area contributed by atoms with E-state index in [2.05, 4.69) is 10.00 Å². The van der Waals surface area contributed by atoms with Gasteiger partial charge in [0.05, 0.1) is 31.9 Å². The normalized spacial score (nSPS) is 18.6. The lowest BCUT2D eigenvalue weighted by Crippen LogP contribution is -2.50. The molecule has 0 aliphatic carbocycles. The quantitative estimate of drug-likeness (QED) is 0.658. The van der Waals surface area contributed by atoms with Gasteiger partial charge in [-0.25, -0.2) is 4.79 Å². The van der Waals surface area contributed by atoms with E-state index in [0.717, 1.165) is 44.7 Å². The topological polar surface area (TPSA) is 108 Å². The molecule has 2 fully saturated rings. The molecule has 0 bridgehead atoms. The SMILES string of the molecule is CN(C)C(=O)CN1CCOCC2(CCN(C(=O)Cc3ccn(C)n3)CC2)C1.O=C(O)C(F)(F)F. The van der Waals surface area contributed by atoms with E-state index < -0.39 is 12.1 Å². The lowest BCUT2D eigenvalue weighted by Gasteiger charge is -2.42. The second-order valence-corrected chi connectivity index (χ2v) is 8.89. The highest BCUT2D eigenvalue weighted by molar-refractivity contribution is 5.78. The van der Waals surface area contributed by atoms with Crippen LogP contribution in [0.25, 0.3) is 0 Å². The fourth-order valence-electron chi connectivity index (χ4n) is 3.91. The molecule has 10 nitrogen and oxygen atoms in total. The zero-order valence-electron chi connectivity index (χ0n) is 19.7. The number of amides is 2. The van der Waals surface area contributed by atoms with E-state index in [9.17, 15) is 22.8 Å². The monoisotopic (exact) mass is 491 g/mol. The zero-order valence-corrected chi connectivity index (χ0v) is 19.7. The smallest absolute Gasteiger partial charge is 0.475 e. The first-order valence-electron chi connectivity index (χ1n) is 10.9. The van der Waals surface area contributed by atoms with Gasteiger partial charge in [0.2, 0.25) is 11.8 Å². The van der Waals surface area contributed by atoms with Crippen LogP contribution in [0.3, 0.4) is 0 Å². The summed E-state index contributed by atoms with van der Waals surface area (Å²) in [6.07, 6.45) is -1.05. The number of piperidine rings is 1. The van der Waals surface area contributed by atoms with Gasteiger partial charge in [-0.05, 0) is 18.9 Å². The molecule has 13 heteroatoms. The molecule has 1 N–H and O–H groups in total. The highest BCUT2D eigenvalue weighted by Gasteiger charge is 2.39. The van der Waals surface area contributed by atoms with Crippen molar-refractivity contribution in [1.82, 2.24) is 24.5 Å². The first-order valence-corrected chi connectivity index (χ1v) is 10.9. The molecule has 1 aromatic heterocycles. The Labute approximate surface area is 196 Å². The Morgan fingerprint density at radius 1 is 1.21 bits per heavy atom. The van der Waals surface area contributed by atoms with Gasteiger partial charge in [0, 0.05) is 58.9 Å². The van der Waals surface area contributed by atoms with Crippen molar-refractivity contribution < 1.29 is 37.4 Å². The van der Waals surface area contributed by atoms with Crippen molar-refractivity contribution in [2.24, 2.45) is 12.5 Å². The molecular formula is C21H32F3N5O5. The van der Waals surface area contributed by atoms with E-state index >= 15 is 0 Å². The summed E-state index contributed by atoms with van der Waals surface area (Å²) < 4.78 is 39.3. The number of aryl methyl sites for hydroxylation is 1. The van der Waals surface area contributed by atoms with Gasteiger partial charge in [0.25, 0.3) is 0 Å². The molecule has 0 unspecified atom stereocenters. The van der Waals surface area contributed by atoms with Crippen LogP contribution in [-0.2, 0) is 32.6 Å². The molecule has 0 radical (unpaired) electrons. The van der Waals surface area contributed by atoms with Crippen LogP contribution in [0.5, 0.6) is 0 Å². The van der Waals surface area contributed by atoms with Crippen LogP contribution in [-0.4, -0.2) is 114 Å². The molecule has 0 saturated carbocycles. The van der Waals surface area contributed by atoms with Crippen LogP contribution in [0.15, 0.2) is 12.3 Å². The van der Waals surface area contributed by atoms with Gasteiger partial charge in [0.1, 0.15) is 0 Å². The molecule has 2 amide bonds. The van der Waals surface area contributed by atoms with E-state index in [0.29, 0.717) is 26.2 Å². The second-order valence-electron chi connectivity index (χ2n) is 8.89. The summed E-state index contributed by atoms with van der Waals surface area (Å²) in [4.78, 5) is 39.4. The number of hydrogen-bond acceptors (Lipinski definition) is 6. The summed E-state index contributed by atoms with van der Waals surface area (Å²) in [6.45, 7) is 4.92. The fourth-order valence-corrected chi connectivity index (χ4v) is 3.91. The van der Waals surface area contributed by atoms with Crippen LogP contribution >= 0.6 is 0 Å². The Morgan fingerprint density at radius 2 is 1.82 bits per heavy atom. The summed E-state index contributed by atoms with van der Waals surface area (Å²) in [6, 6.07) is 1.89. The number of carboxylic acid groups (broad SMARTS) is 1. The van der Waals surface area contributed by atoms with Gasteiger partial charge in [-0.15, -0.1) is 0 Å². The number of halogens is 3. The molecule has 3 heterocycles. The van der Waals surface area contributed by atoms with Crippen molar-refractivity contribution >= 4 is 17.8 Å². The van der Waals surface area contributed by atoms with Gasteiger partial charge in [-0.3, -0.25) is 19.2 Å². The molecule has 1 spiro atoms. The predicted octanol–water partition coefficient (Wildman–Crippen LogP) is 0.625. The van der Waals surface area contributed by atoms with Gasteiger partial charge < -0.3 is 19.6 Å². The number of carbonyl (C=O) groups is 3. The minimum atomic E-state index is -5.08. The zero-order chi connectivity index (χ0) is 25.5. The van der Waals surface area contributed by atoms with Crippen molar-refractivity contribution in [2.75, 3.05) is 60.0 Å². The van der Waals surface area contributed by atoms with E-state index in [1.165, 1.54) is 0 Å². The number of hydrogen-bond donors (Lipinski definition) is 1. The summed E-state index contributed by atoms with van der Waals surface area (Å²) >= 11 is 0. The Morgan fingerprint density at radius 3 is 2.32 bits per heavy atom. The first kappa shape index (κ1) is 27.6. The third kappa shape index (κ3) is 8.28. The van der Waals surface area contributed by atoms with Crippen molar-refractivity contribution in [3.63, 3.8) is 0 Å². The predicted molar refractivity (Wildman–Crippen MR) is 115 cm³/mol. The molecule has 2 aliphatic rings. The van der Waals surface area contributed by atoms with Crippen molar-refractivity contribution in [1.29, 1.82) is 0 Å². The van der Waals surface area contributed by atoms with Crippen molar-refractivity contribution in [3.05, 3.63) is 18.0 Å². The minimum absolute atomic E-state index is 0.0326. The number of likely N-dealkylation sites (N-methyl/N-ethyl adjacent to an activating group) is 1. The molecule has 34 heavy (non-hydrogen) atoms. The van der Waals surface area contributed by atoms with E-state index in [4.69, 9.17) is 14.6 Å². The number of likely N-dealkylation sites (tertiary alicyclic amines) is 1. The maximum absolute atomic E-state index is 12.6. The molecule has 0 aromatic carbocycles. The number of aromatic nitrogens is 2. The molecule has 2 saturated heterocycles. The Balaban J connectivity index is 0.000000509. The Kier molecular flexibility index (Phi) is 9.45. The largest absolute Gasteiger partial charge is 0.490 e. The minimum Gasteiger partial charge on any atom is -0.475 e. The van der Waals surface area contributed by atoms with Crippen LogP contribution in [0.4, 0.5) is 13.2 Å². The Hall–Kier alpha value is -2.67. The number of carbonyl (C=O) groups excluding carboxylic acids is 2. The number of nitrogens with zero attached hydrogens (tertiary/aromatic N) is 5. The maximum Gasteiger partial charge on any atom is 0.490 e. The van der Waals surface area contributed by atoms with Gasteiger partial charge in [-0.1, -0.05) is 0 Å². The molecule has 192 valence electrons. The Bertz CT molecular complexity index is 850. The summed E-state index contributed by atoms with van der Waals surface area (Å²) in [5.74, 6) is -2.50. The number of carboxylic acids is 1. The van der Waals surface area contributed by atoms with Crippen LogP contribution in [0, 0.1) is 5.41 Å². The molecule has 0 atom stereocenters. The number of ether oxygens (including phenoxy) is 1. The molecule has 1 aromatic rings. The third-order valence-electron chi connectivity index (χ3n) is 5.90. The molecule has 2 aliphatic heterocycles. The first-order chi connectivity index (χ1) is 15.8. The fraction of sp³-hybridized carbons (Fsp3) is 0.714. The van der Waals surface area contributed by atoms with Crippen LogP contribution in [0.1, 0.15) is 18.5 Å². The van der Waals surface area contributed by atoms with Crippen molar-refractivity contribution in [2.45, 2.75) is 25.4 Å². The molecular weight excluding hydrogens is 459 g/mol. The standard InChI is InChI=1S/C19H31N5O3.C2HF3O2/c1-21(2)18(26)13-23-10-11-27-15-19(14-23)5-8-24(9-6-19)17(25)12-16-4-7-22(3)20-16;3-2(4,5)1(6)7/h4,7H,5-6,8-15H2,1-3H3;(H,6,7). The van der Waals surface area contributed by atoms with Gasteiger partial charge in [0.15, 0.2) is 0 Å². The molecule has 3 rings (SSSR count). The summed E-state index contributed by atoms with van der Waals surface area (Å²) in [7, 11) is 5.44. The van der Waals surface area contributed by atoms with E-state index in [1.807, 2.05) is 24.2 Å². The number of aliphatic carboxylic acids is 1. The van der Waals surface area contributed by atoms with Gasteiger partial charge in [-0.2, -0.15) is 18.3 Å². The highest BCUT2D eigenvalue weighted by Crippen LogP contribution is 2.34. The van der Waals surface area contributed by atoms with Crippen molar-refractivity contribution in [3.8, 4) is 0 Å². The highest BCUT2D eigenvalue weighted by atomic mass is 19.4. The number of alkyl halides is 3. The van der Waals surface area contributed by atoms with Crippen LogP contribution in [0.2, 0.25) is 0 Å².